The van der Waals surface area contributed by atoms with Crippen molar-refractivity contribution in [1.82, 2.24) is 0 Å². The molecule has 0 aliphatic heterocycles. The molecule has 0 radical (unpaired) electrons. The average Bonchev–Trinajstić information content (AvgIpc) is 2.32. The molecular formula is C6H5Br3O3S. The van der Waals surface area contributed by atoms with Gasteiger partial charge in [0, 0.05) is 0 Å². The Morgan fingerprint density at radius 2 is 2.08 bits per heavy atom. The molecule has 74 valence electrons. The van der Waals surface area contributed by atoms with Crippen LogP contribution in [0.5, 0.6) is 5.75 Å². The third-order valence-electron chi connectivity index (χ3n) is 1.16. The van der Waals surface area contributed by atoms with Crippen molar-refractivity contribution >= 4 is 66.1 Å². The minimum absolute atomic E-state index is 0. The van der Waals surface area contributed by atoms with E-state index in [1.807, 2.05) is 0 Å². The molecule has 13 heavy (non-hydrogen) atoms. The molecule has 3 nitrogen and oxygen atoms in total. The molecule has 0 fully saturated rings. The van der Waals surface area contributed by atoms with E-state index in [0.29, 0.717) is 8.26 Å². The second-order valence-electron chi connectivity index (χ2n) is 1.86. The van der Waals surface area contributed by atoms with E-state index >= 15 is 0 Å². The summed E-state index contributed by atoms with van der Waals surface area (Å²) in [4.78, 5) is 11.2. The van der Waals surface area contributed by atoms with Crippen LogP contribution in [0, 0.1) is 0 Å². The number of thiophene rings is 1. The van der Waals surface area contributed by atoms with Crippen molar-refractivity contribution in [2.75, 3.05) is 7.11 Å². The van der Waals surface area contributed by atoms with Crippen molar-refractivity contribution in [2.24, 2.45) is 0 Å². The molecule has 0 atom stereocenters. The SMILES string of the molecule is Br.COC(=O)c1sc(Br)c(Br)c1O. The molecule has 0 saturated heterocycles. The van der Waals surface area contributed by atoms with Gasteiger partial charge in [-0.1, -0.05) is 0 Å². The van der Waals surface area contributed by atoms with Crippen LogP contribution in [0.25, 0.3) is 0 Å². The first-order valence-electron chi connectivity index (χ1n) is 2.83. The zero-order valence-electron chi connectivity index (χ0n) is 6.34. The molecule has 1 aromatic heterocycles. The van der Waals surface area contributed by atoms with E-state index in [0.717, 1.165) is 11.3 Å². The highest BCUT2D eigenvalue weighted by Gasteiger charge is 2.20. The minimum atomic E-state index is -0.538. The van der Waals surface area contributed by atoms with Gasteiger partial charge >= 0.3 is 5.97 Å². The molecule has 0 spiro atoms. The van der Waals surface area contributed by atoms with E-state index in [4.69, 9.17) is 0 Å². The molecule has 1 heterocycles. The molecule has 7 heteroatoms. The summed E-state index contributed by atoms with van der Waals surface area (Å²) < 4.78 is 5.60. The number of aromatic hydroxyl groups is 1. The Bertz CT molecular complexity index is 323. The van der Waals surface area contributed by atoms with Crippen LogP contribution < -0.4 is 0 Å². The number of hydrogen-bond acceptors (Lipinski definition) is 4. The monoisotopic (exact) mass is 394 g/mol. The summed E-state index contributed by atoms with van der Waals surface area (Å²) in [7, 11) is 1.27. The van der Waals surface area contributed by atoms with Crippen LogP contribution in [-0.2, 0) is 4.74 Å². The normalized spacial score (nSPS) is 9.15. The molecule has 1 aromatic rings. The van der Waals surface area contributed by atoms with Crippen molar-refractivity contribution in [2.45, 2.75) is 0 Å². The first kappa shape index (κ1) is 13.4. The predicted octanol–water partition coefficient (Wildman–Crippen LogP) is 3.34. The minimum Gasteiger partial charge on any atom is -0.505 e. The Kier molecular flexibility index (Phi) is 5.50. The van der Waals surface area contributed by atoms with Crippen LogP contribution in [0.3, 0.4) is 0 Å². The Hall–Kier alpha value is 0.410. The summed E-state index contributed by atoms with van der Waals surface area (Å²) in [6.07, 6.45) is 0. The molecule has 1 N–H and O–H groups in total. The van der Waals surface area contributed by atoms with Crippen molar-refractivity contribution < 1.29 is 14.6 Å². The lowest BCUT2D eigenvalue weighted by molar-refractivity contribution is 0.0603. The Morgan fingerprint density at radius 3 is 2.38 bits per heavy atom. The molecule has 0 aliphatic rings. The lowest BCUT2D eigenvalue weighted by atomic mass is 10.4. The van der Waals surface area contributed by atoms with Gasteiger partial charge in [0.15, 0.2) is 10.6 Å². The summed E-state index contributed by atoms with van der Waals surface area (Å²) in [5.41, 5.74) is 0. The van der Waals surface area contributed by atoms with Crippen LogP contribution in [0.1, 0.15) is 9.67 Å². The maximum atomic E-state index is 11.0. The first-order chi connectivity index (χ1) is 5.57. The van der Waals surface area contributed by atoms with Crippen LogP contribution in [0.2, 0.25) is 0 Å². The van der Waals surface area contributed by atoms with Gasteiger partial charge in [0.1, 0.15) is 0 Å². The molecule has 0 bridgehead atoms. The van der Waals surface area contributed by atoms with Gasteiger partial charge in [-0.05, 0) is 31.9 Å². The summed E-state index contributed by atoms with van der Waals surface area (Å²) in [5, 5.41) is 9.35. The summed E-state index contributed by atoms with van der Waals surface area (Å²) >= 11 is 7.39. The molecule has 0 saturated carbocycles. The Labute approximate surface area is 106 Å². The van der Waals surface area contributed by atoms with Crippen molar-refractivity contribution in [3.05, 3.63) is 13.1 Å². The lowest BCUT2D eigenvalue weighted by Gasteiger charge is -1.94. The zero-order valence-corrected chi connectivity index (χ0v) is 12.0. The number of hydrogen-bond donors (Lipinski definition) is 1. The Morgan fingerprint density at radius 1 is 1.54 bits per heavy atom. The maximum absolute atomic E-state index is 11.0. The van der Waals surface area contributed by atoms with Gasteiger partial charge in [0.05, 0.1) is 15.4 Å². The van der Waals surface area contributed by atoms with Gasteiger partial charge in [-0.15, -0.1) is 28.3 Å². The fourth-order valence-electron chi connectivity index (χ4n) is 0.607. The van der Waals surface area contributed by atoms with Crippen LogP contribution in [-0.4, -0.2) is 18.2 Å². The number of halogens is 3. The maximum Gasteiger partial charge on any atom is 0.351 e. The van der Waals surface area contributed by atoms with Crippen molar-refractivity contribution in [1.29, 1.82) is 0 Å². The number of ether oxygens (including phenoxy) is 1. The van der Waals surface area contributed by atoms with E-state index in [1.165, 1.54) is 7.11 Å². The molecule has 0 amide bonds. The van der Waals surface area contributed by atoms with Crippen LogP contribution >= 0.6 is 60.2 Å². The number of methoxy groups -OCH3 is 1. The van der Waals surface area contributed by atoms with Crippen LogP contribution in [0.4, 0.5) is 0 Å². The zero-order chi connectivity index (χ0) is 9.30. The van der Waals surface area contributed by atoms with E-state index in [1.54, 1.807) is 0 Å². The highest BCUT2D eigenvalue weighted by Crippen LogP contribution is 2.42. The standard InChI is InChI=1S/C6H4Br2O3S.BrH/c1-11-6(10)4-3(9)2(7)5(8)12-4;/h9H,1H3;1H. The van der Waals surface area contributed by atoms with Gasteiger partial charge in [-0.3, -0.25) is 0 Å². The highest BCUT2D eigenvalue weighted by molar-refractivity contribution is 9.13. The fourth-order valence-corrected chi connectivity index (χ4v) is 2.58. The molecule has 0 unspecified atom stereocenters. The molecule has 1 rings (SSSR count). The number of esters is 1. The smallest absolute Gasteiger partial charge is 0.351 e. The second-order valence-corrected chi connectivity index (χ2v) is 4.99. The summed E-state index contributed by atoms with van der Waals surface area (Å²) in [6, 6.07) is 0. The third-order valence-corrected chi connectivity index (χ3v) is 4.55. The van der Waals surface area contributed by atoms with Gasteiger partial charge in [0.25, 0.3) is 0 Å². The van der Waals surface area contributed by atoms with Crippen LogP contribution in [0.15, 0.2) is 8.26 Å². The van der Waals surface area contributed by atoms with Gasteiger partial charge in [-0.2, -0.15) is 0 Å². The first-order valence-corrected chi connectivity index (χ1v) is 5.23. The van der Waals surface area contributed by atoms with Crippen molar-refractivity contribution in [3.8, 4) is 5.75 Å². The van der Waals surface area contributed by atoms with E-state index in [2.05, 4.69) is 36.6 Å². The number of rotatable bonds is 1. The molecular weight excluding hydrogens is 392 g/mol. The number of carbonyl (C=O) groups is 1. The van der Waals surface area contributed by atoms with Crippen molar-refractivity contribution in [3.63, 3.8) is 0 Å². The van der Waals surface area contributed by atoms with Gasteiger partial charge < -0.3 is 9.84 Å². The van der Waals surface area contributed by atoms with E-state index in [9.17, 15) is 9.90 Å². The summed E-state index contributed by atoms with van der Waals surface area (Å²) in [5.74, 6) is -0.623. The quantitative estimate of drug-likeness (QED) is 0.740. The summed E-state index contributed by atoms with van der Waals surface area (Å²) in [6.45, 7) is 0. The molecule has 0 aromatic carbocycles. The Balaban J connectivity index is 0.00000144. The number of carbonyl (C=O) groups excluding carboxylic acids is 1. The predicted molar refractivity (Wildman–Crippen MR) is 63.0 cm³/mol. The average molecular weight is 397 g/mol. The van der Waals surface area contributed by atoms with E-state index < -0.39 is 5.97 Å². The molecule has 0 aliphatic carbocycles. The highest BCUT2D eigenvalue weighted by atomic mass is 79.9. The third kappa shape index (κ3) is 2.68. The van der Waals surface area contributed by atoms with Gasteiger partial charge in [0.2, 0.25) is 0 Å². The van der Waals surface area contributed by atoms with E-state index in [-0.39, 0.29) is 27.6 Å². The topological polar surface area (TPSA) is 46.5 Å². The lowest BCUT2D eigenvalue weighted by Crippen LogP contribution is -1.97. The largest absolute Gasteiger partial charge is 0.505 e. The fraction of sp³-hybridized carbons (Fsp3) is 0.167. The van der Waals surface area contributed by atoms with Gasteiger partial charge in [-0.25, -0.2) is 4.79 Å². The second kappa shape index (κ2) is 5.33.